The van der Waals surface area contributed by atoms with Crippen LogP contribution >= 0.6 is 0 Å². The van der Waals surface area contributed by atoms with Crippen LogP contribution in [0.15, 0.2) is 12.3 Å². The van der Waals surface area contributed by atoms with Gasteiger partial charge in [-0.2, -0.15) is 5.10 Å². The quantitative estimate of drug-likeness (QED) is 0.480. The maximum atomic E-state index is 13.4. The van der Waals surface area contributed by atoms with E-state index < -0.39 is 11.0 Å². The van der Waals surface area contributed by atoms with Crippen LogP contribution in [0.5, 0.6) is 0 Å². The fraction of sp³-hybridized carbons (Fsp3) is 0.720. The monoisotopic (exact) mass is 457 g/mol. The highest BCUT2D eigenvalue weighted by atomic mass is 16.3. The number of aromatic nitrogens is 2. The molecule has 1 heterocycles. The van der Waals surface area contributed by atoms with Crippen LogP contribution in [0.4, 0.5) is 5.82 Å². The standard InChI is InChI=1S/C25H39N5O3/c1-6-26-23(32)24(4,5)7-8-30-21(28-15(2)3)19(14-27-30)22(31)29-20-17-9-16-10-18(20)13-25(33,11-16)12-17/h7-8,14-18,20,28,33H,6,9-13H2,1-5H3,(H,26,32)(H,29,31). The zero-order valence-corrected chi connectivity index (χ0v) is 20.5. The molecule has 0 aliphatic heterocycles. The summed E-state index contributed by atoms with van der Waals surface area (Å²) in [6, 6.07) is 0.212. The average Bonchev–Trinajstić information content (AvgIpc) is 3.10. The summed E-state index contributed by atoms with van der Waals surface area (Å²) < 4.78 is 1.63. The normalized spacial score (nSPS) is 30.8. The first-order valence-electron chi connectivity index (χ1n) is 12.4. The Morgan fingerprint density at radius 3 is 2.52 bits per heavy atom. The van der Waals surface area contributed by atoms with Gasteiger partial charge in [-0.1, -0.05) is 6.08 Å². The largest absolute Gasteiger partial charge is 0.390 e. The topological polar surface area (TPSA) is 108 Å². The van der Waals surface area contributed by atoms with Crippen LogP contribution in [-0.2, 0) is 4.79 Å². The first-order valence-corrected chi connectivity index (χ1v) is 12.4. The zero-order valence-electron chi connectivity index (χ0n) is 20.5. The molecule has 4 N–H and O–H groups in total. The number of carbonyl (C=O) groups excluding carboxylic acids is 2. The van der Waals surface area contributed by atoms with Gasteiger partial charge in [-0.25, -0.2) is 4.68 Å². The van der Waals surface area contributed by atoms with E-state index in [1.807, 2.05) is 34.6 Å². The van der Waals surface area contributed by atoms with Gasteiger partial charge in [-0.3, -0.25) is 9.59 Å². The second-order valence-corrected chi connectivity index (χ2v) is 11.2. The second kappa shape index (κ2) is 8.78. The van der Waals surface area contributed by atoms with E-state index >= 15 is 0 Å². The van der Waals surface area contributed by atoms with Gasteiger partial charge in [0.1, 0.15) is 11.4 Å². The predicted molar refractivity (Wildman–Crippen MR) is 129 cm³/mol. The molecule has 2 unspecified atom stereocenters. The highest BCUT2D eigenvalue weighted by molar-refractivity contribution is 5.99. The number of rotatable bonds is 8. The van der Waals surface area contributed by atoms with Gasteiger partial charge in [0.2, 0.25) is 5.91 Å². The van der Waals surface area contributed by atoms with E-state index in [1.54, 1.807) is 23.2 Å². The first-order chi connectivity index (χ1) is 15.5. The third-order valence-electron chi connectivity index (χ3n) is 7.56. The Morgan fingerprint density at radius 1 is 1.27 bits per heavy atom. The lowest BCUT2D eigenvalue weighted by atomic mass is 9.52. The van der Waals surface area contributed by atoms with E-state index in [1.165, 1.54) is 0 Å². The summed E-state index contributed by atoms with van der Waals surface area (Å²) in [4.78, 5) is 25.7. The molecular formula is C25H39N5O3. The highest BCUT2D eigenvalue weighted by Crippen LogP contribution is 2.55. The minimum atomic E-state index is -0.708. The van der Waals surface area contributed by atoms with Crippen molar-refractivity contribution in [2.75, 3.05) is 11.9 Å². The molecule has 4 aliphatic rings. The molecule has 0 radical (unpaired) electrons. The van der Waals surface area contributed by atoms with Crippen molar-refractivity contribution in [3.05, 3.63) is 17.8 Å². The van der Waals surface area contributed by atoms with Gasteiger partial charge >= 0.3 is 0 Å². The van der Waals surface area contributed by atoms with E-state index in [9.17, 15) is 14.7 Å². The summed E-state index contributed by atoms with van der Waals surface area (Å²) in [5, 5.41) is 24.8. The van der Waals surface area contributed by atoms with Gasteiger partial charge in [0.05, 0.1) is 17.2 Å². The molecule has 1 aromatic heterocycles. The molecule has 4 aliphatic carbocycles. The van der Waals surface area contributed by atoms with Gasteiger partial charge in [-0.05, 0) is 84.5 Å². The van der Waals surface area contributed by atoms with Crippen LogP contribution in [0.1, 0.15) is 77.1 Å². The summed E-state index contributed by atoms with van der Waals surface area (Å²) in [6.45, 7) is 10.2. The number of hydrogen-bond donors (Lipinski definition) is 4. The van der Waals surface area contributed by atoms with Gasteiger partial charge in [0.25, 0.3) is 5.91 Å². The van der Waals surface area contributed by atoms with E-state index in [4.69, 9.17) is 0 Å². The lowest BCUT2D eigenvalue weighted by molar-refractivity contribution is -0.136. The van der Waals surface area contributed by atoms with Crippen LogP contribution in [0.3, 0.4) is 0 Å². The number of amides is 2. The van der Waals surface area contributed by atoms with Crippen molar-refractivity contribution in [2.24, 2.45) is 23.2 Å². The Balaban J connectivity index is 1.53. The fourth-order valence-corrected chi connectivity index (χ4v) is 6.23. The van der Waals surface area contributed by atoms with Crippen molar-refractivity contribution in [3.63, 3.8) is 0 Å². The van der Waals surface area contributed by atoms with Crippen molar-refractivity contribution < 1.29 is 14.7 Å². The molecule has 2 amide bonds. The third kappa shape index (κ3) is 4.81. The van der Waals surface area contributed by atoms with Gasteiger partial charge in [0, 0.05) is 24.8 Å². The number of hydrogen-bond acceptors (Lipinski definition) is 5. The van der Waals surface area contributed by atoms with Crippen LogP contribution in [0.2, 0.25) is 0 Å². The molecule has 1 aromatic rings. The fourth-order valence-electron chi connectivity index (χ4n) is 6.23. The van der Waals surface area contributed by atoms with Crippen molar-refractivity contribution >= 4 is 23.8 Å². The second-order valence-electron chi connectivity index (χ2n) is 11.2. The van der Waals surface area contributed by atoms with Crippen LogP contribution in [0.25, 0.3) is 6.20 Å². The molecule has 4 saturated carbocycles. The van der Waals surface area contributed by atoms with Crippen molar-refractivity contribution in [2.45, 2.75) is 84.4 Å². The van der Waals surface area contributed by atoms with E-state index in [-0.39, 0.29) is 23.9 Å². The van der Waals surface area contributed by atoms with Crippen molar-refractivity contribution in [1.29, 1.82) is 0 Å². The molecule has 0 saturated heterocycles. The zero-order chi connectivity index (χ0) is 24.0. The minimum absolute atomic E-state index is 0.0618. The average molecular weight is 458 g/mol. The first kappa shape index (κ1) is 23.8. The summed E-state index contributed by atoms with van der Waals surface area (Å²) in [6.07, 6.45) is 9.83. The summed E-state index contributed by atoms with van der Waals surface area (Å²) in [5.74, 6) is 1.71. The molecule has 0 aromatic carbocycles. The molecule has 8 heteroatoms. The van der Waals surface area contributed by atoms with Crippen LogP contribution < -0.4 is 16.0 Å². The molecular weight excluding hydrogens is 418 g/mol. The van der Waals surface area contributed by atoms with E-state index in [0.717, 1.165) is 32.1 Å². The van der Waals surface area contributed by atoms with Gasteiger partial charge in [0.15, 0.2) is 0 Å². The van der Waals surface area contributed by atoms with Gasteiger partial charge < -0.3 is 21.1 Å². The highest BCUT2D eigenvalue weighted by Gasteiger charge is 2.55. The van der Waals surface area contributed by atoms with Crippen LogP contribution in [0, 0.1) is 23.2 Å². The number of anilines is 1. The smallest absolute Gasteiger partial charge is 0.256 e. The molecule has 5 rings (SSSR count). The summed E-state index contributed by atoms with van der Waals surface area (Å²) in [5.41, 5.74) is -0.730. The molecule has 8 nitrogen and oxygen atoms in total. The third-order valence-corrected chi connectivity index (χ3v) is 7.56. The summed E-state index contributed by atoms with van der Waals surface area (Å²) in [7, 11) is 0. The predicted octanol–water partition coefficient (Wildman–Crippen LogP) is 3.01. The van der Waals surface area contributed by atoms with E-state index in [2.05, 4.69) is 21.0 Å². The Kier molecular flexibility index (Phi) is 6.33. The number of nitrogens with one attached hydrogen (secondary N) is 3. The lowest BCUT2D eigenvalue weighted by Gasteiger charge is -2.58. The molecule has 2 atom stereocenters. The molecule has 0 spiro atoms. The molecule has 182 valence electrons. The number of carbonyl (C=O) groups is 2. The number of nitrogens with zero attached hydrogens (tertiary/aromatic N) is 2. The maximum Gasteiger partial charge on any atom is 0.256 e. The van der Waals surface area contributed by atoms with Crippen LogP contribution in [-0.4, -0.2) is 50.9 Å². The Morgan fingerprint density at radius 2 is 1.94 bits per heavy atom. The van der Waals surface area contributed by atoms with Crippen molar-refractivity contribution in [1.82, 2.24) is 20.4 Å². The Labute approximate surface area is 196 Å². The lowest BCUT2D eigenvalue weighted by Crippen LogP contribution is -2.61. The Bertz CT molecular complexity index is 918. The van der Waals surface area contributed by atoms with E-state index in [0.29, 0.717) is 35.7 Å². The van der Waals surface area contributed by atoms with Crippen molar-refractivity contribution in [3.8, 4) is 0 Å². The molecule has 33 heavy (non-hydrogen) atoms. The Hall–Kier alpha value is -2.35. The summed E-state index contributed by atoms with van der Waals surface area (Å²) >= 11 is 0. The minimum Gasteiger partial charge on any atom is -0.390 e. The molecule has 4 fully saturated rings. The maximum absolute atomic E-state index is 13.4. The number of aliphatic hydroxyl groups is 1. The SMILES string of the molecule is CCNC(=O)C(C)(C)C=Cn1ncc(C(=O)NC2C3CC4CC2CC(O)(C4)C3)c1NC(C)C. The van der Waals surface area contributed by atoms with Gasteiger partial charge in [-0.15, -0.1) is 0 Å². The molecule has 4 bridgehead atoms.